The Morgan fingerprint density at radius 1 is 1.12 bits per heavy atom. The second kappa shape index (κ2) is 13.2. The Morgan fingerprint density at radius 2 is 1.75 bits per heavy atom. The zero-order valence-corrected chi connectivity index (χ0v) is 20.2. The zero-order valence-electron chi connectivity index (χ0n) is 13.5. The van der Waals surface area contributed by atoms with Crippen LogP contribution in [0.1, 0.15) is 25.7 Å². The van der Waals surface area contributed by atoms with Crippen molar-refractivity contribution in [2.24, 2.45) is 0 Å². The summed E-state index contributed by atoms with van der Waals surface area (Å²) >= 11 is 12.6. The molecule has 1 aromatic rings. The van der Waals surface area contributed by atoms with Crippen LogP contribution in [-0.4, -0.2) is 36.8 Å². The van der Waals surface area contributed by atoms with Gasteiger partial charge in [0.05, 0.1) is 17.2 Å². The van der Waals surface area contributed by atoms with Gasteiger partial charge in [0, 0.05) is 22.2 Å². The molecular weight excluding hydrogens is 496 g/mol. The van der Waals surface area contributed by atoms with E-state index in [9.17, 15) is 13.0 Å². The van der Waals surface area contributed by atoms with Crippen molar-refractivity contribution in [3.05, 3.63) is 17.2 Å². The second-order valence-electron chi connectivity index (χ2n) is 4.80. The van der Waals surface area contributed by atoms with E-state index in [1.54, 1.807) is 6.07 Å². The van der Waals surface area contributed by atoms with Gasteiger partial charge in [-0.05, 0) is 37.8 Å². The van der Waals surface area contributed by atoms with Crippen molar-refractivity contribution >= 4 is 59.3 Å². The van der Waals surface area contributed by atoms with Crippen LogP contribution in [-0.2, 0) is 10.1 Å². The van der Waals surface area contributed by atoms with Crippen molar-refractivity contribution in [1.82, 2.24) is 0 Å². The number of unbranched alkanes of at least 4 members (excludes halogenated alkanes) is 2. The van der Waals surface area contributed by atoms with Crippen LogP contribution in [0.2, 0.25) is 5.02 Å². The largest absolute Gasteiger partial charge is 1.00 e. The fraction of sp³-hybridized carbons (Fsp3) is 0.571. The number of alkyl halides is 2. The Kier molecular flexibility index (Phi) is 13.7. The zero-order chi connectivity index (χ0) is 17.3. The average molecular weight is 516 g/mol. The summed E-state index contributed by atoms with van der Waals surface area (Å²) in [5, 5.41) is 5.00. The van der Waals surface area contributed by atoms with Gasteiger partial charge >= 0.3 is 29.6 Å². The van der Waals surface area contributed by atoms with Crippen LogP contribution in [0.25, 0.3) is 0 Å². The van der Waals surface area contributed by atoms with Gasteiger partial charge in [0.1, 0.15) is 10.1 Å². The third-order valence-electron chi connectivity index (χ3n) is 2.94. The molecule has 132 valence electrons. The molecule has 0 radical (unpaired) electrons. The fourth-order valence-corrected chi connectivity index (χ4v) is 3.59. The molecule has 5 nitrogen and oxygen atoms in total. The normalized spacial score (nSPS) is 11.0. The van der Waals surface area contributed by atoms with Crippen LogP contribution < -0.4 is 39.6 Å². The molecule has 0 aliphatic heterocycles. The number of rotatable bonds is 11. The van der Waals surface area contributed by atoms with E-state index >= 15 is 0 Å². The Labute approximate surface area is 187 Å². The summed E-state index contributed by atoms with van der Waals surface area (Å²) in [6.07, 6.45) is 3.50. The topological polar surface area (TPSA) is 78.5 Å². The molecule has 0 spiro atoms. The van der Waals surface area contributed by atoms with Crippen molar-refractivity contribution in [3.8, 4) is 5.75 Å². The van der Waals surface area contributed by atoms with Gasteiger partial charge in [0.25, 0.3) is 0 Å². The molecule has 0 aliphatic carbocycles. The number of halogens is 3. The number of hydrogen-bond acceptors (Lipinski definition) is 5. The van der Waals surface area contributed by atoms with Crippen LogP contribution in [0, 0.1) is 0 Å². The molecule has 0 aliphatic rings. The van der Waals surface area contributed by atoms with Crippen LogP contribution >= 0.6 is 43.5 Å². The first-order valence-corrected chi connectivity index (χ1v) is 11.2. The number of ether oxygens (including phenoxy) is 1. The molecule has 0 heterocycles. The molecule has 0 aromatic heterocycles. The summed E-state index contributed by atoms with van der Waals surface area (Å²) in [4.78, 5) is -0.424. The molecule has 0 saturated heterocycles. The molecule has 0 amide bonds. The maximum absolute atomic E-state index is 11.5. The van der Waals surface area contributed by atoms with Gasteiger partial charge in [-0.2, -0.15) is 0 Å². The number of hydrogen-bond donors (Lipinski definition) is 1. The first-order valence-electron chi connectivity index (χ1n) is 7.18. The minimum absolute atomic E-state index is 0. The van der Waals surface area contributed by atoms with Crippen molar-refractivity contribution in [3.63, 3.8) is 0 Å². The summed E-state index contributed by atoms with van der Waals surface area (Å²) in [6, 6.07) is 2.71. The van der Waals surface area contributed by atoms with Gasteiger partial charge in [0.15, 0.2) is 5.75 Å². The Hall–Kier alpha value is 0.980. The predicted octanol–water partition coefficient (Wildman–Crippen LogP) is 1.39. The van der Waals surface area contributed by atoms with Crippen molar-refractivity contribution in [1.29, 1.82) is 0 Å². The molecule has 1 aromatic carbocycles. The van der Waals surface area contributed by atoms with E-state index in [-0.39, 0.29) is 40.3 Å². The second-order valence-corrected chi connectivity index (χ2v) is 8.17. The van der Waals surface area contributed by atoms with Crippen molar-refractivity contribution < 1.29 is 47.3 Å². The average Bonchev–Trinajstić information content (AvgIpc) is 2.48. The monoisotopic (exact) mass is 513 g/mol. The summed E-state index contributed by atoms with van der Waals surface area (Å²) in [6.45, 7) is 0.952. The molecule has 0 saturated carbocycles. The van der Waals surface area contributed by atoms with Gasteiger partial charge in [0.2, 0.25) is 0 Å². The summed E-state index contributed by atoms with van der Waals surface area (Å²) < 4.78 is 40.0. The summed E-state index contributed by atoms with van der Waals surface area (Å²) in [7, 11) is -4.67. The summed E-state index contributed by atoms with van der Waals surface area (Å²) in [5.41, 5.74) is 0.431. The molecule has 0 atom stereocenters. The maximum Gasteiger partial charge on any atom is 1.00 e. The van der Waals surface area contributed by atoms with Crippen molar-refractivity contribution in [2.45, 2.75) is 30.6 Å². The Balaban J connectivity index is 0.00000529. The van der Waals surface area contributed by atoms with Crippen LogP contribution in [0.5, 0.6) is 5.75 Å². The smallest absolute Gasteiger partial charge is 0.744 e. The minimum Gasteiger partial charge on any atom is -0.744 e. The minimum atomic E-state index is -4.67. The molecule has 0 fully saturated rings. The van der Waals surface area contributed by atoms with Crippen LogP contribution in [0.4, 0.5) is 5.69 Å². The first-order chi connectivity index (χ1) is 10.9. The molecule has 10 heteroatoms. The molecule has 1 N–H and O–H groups in total. The first kappa shape index (κ1) is 25.0. The standard InChI is InChI=1S/C14H20Br2ClNO4S.Na/c15-5-1-3-7-18-12-9-11(17)10-13(23(19,20)21)14(12)22-8-4-2-6-16;/h9-10,18H,1-8H2,(H,19,20,21);/q;+1/p-1. The molecule has 0 unspecified atom stereocenters. The van der Waals surface area contributed by atoms with E-state index in [1.807, 2.05) is 0 Å². The quantitative estimate of drug-likeness (QED) is 0.209. The van der Waals surface area contributed by atoms with E-state index in [1.165, 1.54) is 0 Å². The Bertz CT molecular complexity index is 605. The van der Waals surface area contributed by atoms with Gasteiger partial charge in [-0.15, -0.1) is 0 Å². The maximum atomic E-state index is 11.5. The van der Waals surface area contributed by atoms with E-state index in [2.05, 4.69) is 37.2 Å². The molecule has 0 bridgehead atoms. The number of benzene rings is 1. The SMILES string of the molecule is O=S(=O)([O-])c1cc(Cl)cc(NCCCCBr)c1OCCCCBr.[Na+]. The van der Waals surface area contributed by atoms with E-state index in [4.69, 9.17) is 16.3 Å². The van der Waals surface area contributed by atoms with E-state index in [0.29, 0.717) is 18.8 Å². The van der Waals surface area contributed by atoms with Gasteiger partial charge in [-0.3, -0.25) is 0 Å². The predicted molar refractivity (Wildman–Crippen MR) is 99.5 cm³/mol. The summed E-state index contributed by atoms with van der Waals surface area (Å²) in [5.74, 6) is 0.0535. The van der Waals surface area contributed by atoms with Crippen LogP contribution in [0.3, 0.4) is 0 Å². The molecule has 24 heavy (non-hydrogen) atoms. The van der Waals surface area contributed by atoms with E-state index < -0.39 is 15.0 Å². The Morgan fingerprint density at radius 3 is 2.33 bits per heavy atom. The van der Waals surface area contributed by atoms with E-state index in [0.717, 1.165) is 42.4 Å². The van der Waals surface area contributed by atoms with Crippen LogP contribution in [0.15, 0.2) is 17.0 Å². The van der Waals surface area contributed by atoms with Gasteiger partial charge < -0.3 is 14.6 Å². The number of nitrogens with one attached hydrogen (secondary N) is 1. The third-order valence-corrected chi connectivity index (χ3v) is 5.12. The third kappa shape index (κ3) is 9.07. The number of anilines is 1. The van der Waals surface area contributed by atoms with Crippen molar-refractivity contribution in [2.75, 3.05) is 29.1 Å². The fourth-order valence-electron chi connectivity index (χ4n) is 1.85. The van der Waals surface area contributed by atoms with Gasteiger partial charge in [-0.25, -0.2) is 8.42 Å². The molecular formula is C14H19Br2ClNNaO4S. The van der Waals surface area contributed by atoms with Gasteiger partial charge in [-0.1, -0.05) is 43.5 Å². The molecule has 1 rings (SSSR count).